The summed E-state index contributed by atoms with van der Waals surface area (Å²) in [6.45, 7) is 2.92. The Labute approximate surface area is 254 Å². The number of halogens is 3. The van der Waals surface area contributed by atoms with Crippen LogP contribution in [-0.2, 0) is 16.4 Å². The monoisotopic (exact) mass is 630 g/mol. The zero-order valence-electron chi connectivity index (χ0n) is 24.5. The first-order valence-electron chi connectivity index (χ1n) is 13.9. The van der Waals surface area contributed by atoms with Gasteiger partial charge in [-0.3, -0.25) is 4.79 Å². The van der Waals surface area contributed by atoms with E-state index in [4.69, 9.17) is 10.00 Å². The van der Waals surface area contributed by atoms with Crippen molar-refractivity contribution in [3.05, 3.63) is 47.8 Å². The average molecular weight is 631 g/mol. The molecule has 0 aliphatic carbocycles. The molecule has 2 aromatic carbocycles. The number of benzene rings is 2. The van der Waals surface area contributed by atoms with Crippen LogP contribution in [0.2, 0.25) is 0 Å². The summed E-state index contributed by atoms with van der Waals surface area (Å²) in [7, 11) is -2.02. The molecule has 2 atom stereocenters. The number of imidazole rings is 1. The van der Waals surface area contributed by atoms with Gasteiger partial charge in [-0.25, -0.2) is 13.4 Å². The van der Waals surface area contributed by atoms with E-state index in [2.05, 4.69) is 38.4 Å². The van der Waals surface area contributed by atoms with Crippen LogP contribution in [0.25, 0.3) is 11.0 Å². The van der Waals surface area contributed by atoms with Gasteiger partial charge in [0.1, 0.15) is 17.8 Å². The number of methoxy groups -OCH3 is 1. The van der Waals surface area contributed by atoms with E-state index >= 15 is 0 Å². The minimum Gasteiger partial charge on any atom is -0.495 e. The number of carbonyl (C=O) groups excluding carboxylic acids is 1. The molecule has 0 bridgehead atoms. The molecule has 0 unspecified atom stereocenters. The van der Waals surface area contributed by atoms with Crippen molar-refractivity contribution >= 4 is 32.5 Å². The van der Waals surface area contributed by atoms with Gasteiger partial charge in [0.15, 0.2) is 9.84 Å². The molecule has 3 aromatic rings. The van der Waals surface area contributed by atoms with Gasteiger partial charge in [0.2, 0.25) is 0 Å². The second-order valence-corrected chi connectivity index (χ2v) is 12.7. The number of sulfone groups is 1. The number of rotatable bonds is 9. The predicted octanol–water partition coefficient (Wildman–Crippen LogP) is 3.83. The number of nitrogens with zero attached hydrogens (tertiary/aromatic N) is 4. The van der Waals surface area contributed by atoms with Crippen LogP contribution in [0.4, 0.5) is 18.9 Å². The predicted molar refractivity (Wildman–Crippen MR) is 159 cm³/mol. The molecular formula is C30H33F3N6O4S. The number of ether oxygens (including phenoxy) is 1. The normalized spacial score (nSPS) is 17.4. The maximum atomic E-state index is 13.5. The Balaban J connectivity index is 1.57. The fourth-order valence-corrected chi connectivity index (χ4v) is 5.80. The van der Waals surface area contributed by atoms with Gasteiger partial charge in [0.25, 0.3) is 5.91 Å². The topological polar surface area (TPSA) is 129 Å². The highest BCUT2D eigenvalue weighted by atomic mass is 32.2. The minimum atomic E-state index is -4.50. The lowest BCUT2D eigenvalue weighted by Gasteiger charge is -2.37. The molecule has 1 amide bonds. The van der Waals surface area contributed by atoms with Crippen LogP contribution < -0.4 is 15.4 Å². The van der Waals surface area contributed by atoms with Crippen molar-refractivity contribution < 1.29 is 31.1 Å². The first-order chi connectivity index (χ1) is 20.8. The van der Waals surface area contributed by atoms with E-state index in [0.717, 1.165) is 17.2 Å². The number of piperidine rings is 1. The molecule has 4 rings (SSSR count). The Morgan fingerprint density at radius 1 is 1.25 bits per heavy atom. The summed E-state index contributed by atoms with van der Waals surface area (Å²) in [5.74, 6) is 5.76. The number of anilines is 1. The van der Waals surface area contributed by atoms with E-state index in [1.54, 1.807) is 6.07 Å². The van der Waals surface area contributed by atoms with Gasteiger partial charge >= 0.3 is 6.18 Å². The third-order valence-corrected chi connectivity index (χ3v) is 8.48. The molecule has 44 heavy (non-hydrogen) atoms. The van der Waals surface area contributed by atoms with Crippen molar-refractivity contribution in [2.45, 2.75) is 43.4 Å². The first kappa shape index (κ1) is 32.6. The summed E-state index contributed by atoms with van der Waals surface area (Å²) in [6.07, 6.45) is -1.24. The van der Waals surface area contributed by atoms with Crippen LogP contribution in [0.3, 0.4) is 0 Å². The van der Waals surface area contributed by atoms with E-state index in [1.165, 1.54) is 31.4 Å². The molecule has 1 saturated heterocycles. The number of likely N-dealkylation sites (tertiary alicyclic amines) is 1. The summed E-state index contributed by atoms with van der Waals surface area (Å²) < 4.78 is 69.8. The smallest absolute Gasteiger partial charge is 0.406 e. The molecule has 0 saturated carbocycles. The van der Waals surface area contributed by atoms with Crippen LogP contribution in [0.15, 0.2) is 41.6 Å². The van der Waals surface area contributed by atoms with Gasteiger partial charge in [-0.2, -0.15) is 18.4 Å². The summed E-state index contributed by atoms with van der Waals surface area (Å²) in [5, 5.41) is 14.9. The standard InChI is InChI=1S/C30H33F3N6O4S/c1-20-17-38(12-5-10-34)13-9-24(20)37-29(40)23-14-21(15-26-28(23)36-19-39(26)18-30(31,32)33)6-4-11-35-25-8-7-22(44(3,41)42)16-27(25)43-2/h7-8,14-16,19-20,24,35H,5,9,11-13,17-18H2,1-3H3,(H,37,40)/t20-,24-/m0/s1. The number of fused-ring (bicyclic) bond motifs is 1. The molecule has 1 aromatic heterocycles. The summed E-state index contributed by atoms with van der Waals surface area (Å²) in [6, 6.07) is 9.35. The van der Waals surface area contributed by atoms with E-state index in [0.29, 0.717) is 49.5 Å². The average Bonchev–Trinajstić information content (AvgIpc) is 3.35. The number of hydrogen-bond donors (Lipinski definition) is 2. The van der Waals surface area contributed by atoms with Crippen LogP contribution in [0.5, 0.6) is 5.75 Å². The van der Waals surface area contributed by atoms with Gasteiger partial charge in [-0.1, -0.05) is 18.8 Å². The Morgan fingerprint density at radius 3 is 2.68 bits per heavy atom. The van der Waals surface area contributed by atoms with Crippen LogP contribution in [0, 0.1) is 29.1 Å². The number of nitriles is 1. The zero-order chi connectivity index (χ0) is 32.1. The molecule has 234 valence electrons. The van der Waals surface area contributed by atoms with Crippen LogP contribution in [-0.4, -0.2) is 80.5 Å². The molecule has 10 nitrogen and oxygen atoms in total. The lowest BCUT2D eigenvalue weighted by molar-refractivity contribution is -0.139. The third-order valence-electron chi connectivity index (χ3n) is 7.37. The van der Waals surface area contributed by atoms with Gasteiger partial charge in [-0.05, 0) is 36.6 Å². The Kier molecular flexibility index (Phi) is 10.1. The first-order valence-corrected chi connectivity index (χ1v) is 15.7. The van der Waals surface area contributed by atoms with Crippen molar-refractivity contribution in [3.8, 4) is 23.7 Å². The summed E-state index contributed by atoms with van der Waals surface area (Å²) in [4.78, 5) is 19.9. The van der Waals surface area contributed by atoms with E-state index in [9.17, 15) is 26.4 Å². The molecule has 1 aliphatic heterocycles. The number of aromatic nitrogens is 2. The fourth-order valence-electron chi connectivity index (χ4n) is 5.17. The van der Waals surface area contributed by atoms with Crippen molar-refractivity contribution in [3.63, 3.8) is 0 Å². The molecule has 2 N–H and O–H groups in total. The number of nitrogens with one attached hydrogen (secondary N) is 2. The number of alkyl halides is 3. The minimum absolute atomic E-state index is 0.0951. The number of amides is 1. The maximum Gasteiger partial charge on any atom is 0.406 e. The molecule has 1 aliphatic rings. The van der Waals surface area contributed by atoms with E-state index < -0.39 is 28.5 Å². The highest BCUT2D eigenvalue weighted by molar-refractivity contribution is 7.90. The third kappa shape index (κ3) is 8.21. The largest absolute Gasteiger partial charge is 0.495 e. The summed E-state index contributed by atoms with van der Waals surface area (Å²) >= 11 is 0. The van der Waals surface area contributed by atoms with Gasteiger partial charge in [0, 0.05) is 50.0 Å². The highest BCUT2D eigenvalue weighted by Gasteiger charge is 2.31. The summed E-state index contributed by atoms with van der Waals surface area (Å²) in [5.41, 5.74) is 1.22. The lowest BCUT2D eigenvalue weighted by Crippen LogP contribution is -2.50. The van der Waals surface area contributed by atoms with Crippen LogP contribution in [0.1, 0.15) is 35.7 Å². The quantitative estimate of drug-likeness (QED) is 0.342. The molecular weight excluding hydrogens is 597 g/mol. The van der Waals surface area contributed by atoms with Crippen molar-refractivity contribution in [1.29, 1.82) is 5.26 Å². The van der Waals surface area contributed by atoms with Crippen molar-refractivity contribution in [1.82, 2.24) is 19.8 Å². The highest BCUT2D eigenvalue weighted by Crippen LogP contribution is 2.28. The zero-order valence-corrected chi connectivity index (χ0v) is 25.3. The van der Waals surface area contributed by atoms with Crippen LogP contribution >= 0.6 is 0 Å². The SMILES string of the molecule is COc1cc(S(C)(=O)=O)ccc1NCC#Cc1cc(C(=O)N[C@H]2CCN(CCC#N)C[C@@H]2C)c2ncn(CC(F)(F)F)c2c1. The number of hydrogen-bond acceptors (Lipinski definition) is 8. The Morgan fingerprint density at radius 2 is 2.02 bits per heavy atom. The molecule has 0 radical (unpaired) electrons. The molecule has 1 fully saturated rings. The second kappa shape index (κ2) is 13.6. The molecule has 14 heteroatoms. The molecule has 0 spiro atoms. The second-order valence-electron chi connectivity index (χ2n) is 10.7. The fraction of sp³-hybridized carbons (Fsp3) is 0.433. The van der Waals surface area contributed by atoms with Gasteiger partial charge in [-0.15, -0.1) is 0 Å². The maximum absolute atomic E-state index is 13.5. The molecule has 2 heterocycles. The van der Waals surface area contributed by atoms with E-state index in [1.807, 2.05) is 6.92 Å². The Bertz CT molecular complexity index is 1740. The lowest BCUT2D eigenvalue weighted by atomic mass is 9.93. The van der Waals surface area contributed by atoms with Gasteiger partial charge in [0.05, 0.1) is 47.7 Å². The van der Waals surface area contributed by atoms with Crippen molar-refractivity contribution in [2.24, 2.45) is 5.92 Å². The van der Waals surface area contributed by atoms with Crippen molar-refractivity contribution in [2.75, 3.05) is 44.9 Å². The number of carbonyl (C=O) groups is 1. The Hall–Kier alpha value is -4.27. The van der Waals surface area contributed by atoms with Gasteiger partial charge < -0.3 is 24.8 Å². The van der Waals surface area contributed by atoms with E-state index in [-0.39, 0.29) is 40.0 Å².